The van der Waals surface area contributed by atoms with Crippen LogP contribution in [0.25, 0.3) is 0 Å². The molecule has 0 amide bonds. The fraction of sp³-hybridized carbons (Fsp3) is 0.545. The molecule has 0 bridgehead atoms. The van der Waals surface area contributed by atoms with Gasteiger partial charge in [0.25, 0.3) is 0 Å². The summed E-state index contributed by atoms with van der Waals surface area (Å²) in [6, 6.07) is 0.318. The summed E-state index contributed by atoms with van der Waals surface area (Å²) in [6.07, 6.45) is 2.46. The molecule has 0 aliphatic heterocycles. The van der Waals surface area contributed by atoms with E-state index >= 15 is 0 Å². The molecule has 1 rings (SSSR count). The van der Waals surface area contributed by atoms with Gasteiger partial charge in [0, 0.05) is 11.4 Å². The molecule has 1 aromatic rings. The normalized spacial score (nSPS) is 12.4. The lowest BCUT2D eigenvalue weighted by Gasteiger charge is -2.10. The predicted octanol–water partition coefficient (Wildman–Crippen LogP) is 2.65. The van der Waals surface area contributed by atoms with Crippen LogP contribution in [-0.4, -0.2) is 18.1 Å². The Morgan fingerprint density at radius 1 is 1.73 bits per heavy atom. The molecule has 0 saturated heterocycles. The van der Waals surface area contributed by atoms with E-state index in [2.05, 4.69) is 29.2 Å². The van der Waals surface area contributed by atoms with E-state index in [4.69, 9.17) is 4.74 Å². The van der Waals surface area contributed by atoms with E-state index in [-0.39, 0.29) is 0 Å². The second-order valence-corrected chi connectivity index (χ2v) is 4.42. The molecule has 0 aliphatic rings. The molecule has 1 unspecified atom stereocenters. The minimum Gasteiger partial charge on any atom is -0.502 e. The van der Waals surface area contributed by atoms with Crippen molar-refractivity contribution in [2.75, 3.05) is 13.2 Å². The van der Waals surface area contributed by atoms with Crippen LogP contribution in [0.4, 0.5) is 0 Å². The van der Waals surface area contributed by atoms with Crippen molar-refractivity contribution in [3.05, 3.63) is 28.9 Å². The van der Waals surface area contributed by atoms with Gasteiger partial charge >= 0.3 is 0 Å². The van der Waals surface area contributed by atoms with E-state index in [0.29, 0.717) is 6.04 Å². The van der Waals surface area contributed by atoms with E-state index in [9.17, 15) is 0 Å². The van der Waals surface area contributed by atoms with E-state index in [1.165, 1.54) is 6.26 Å². The maximum atomic E-state index is 5.04. The Labute approximate surface area is 95.2 Å². The van der Waals surface area contributed by atoms with Gasteiger partial charge in [0.15, 0.2) is 0 Å². The Hall–Kier alpha value is -0.870. The smallest absolute Gasteiger partial charge is 0.0898 e. The molecule has 0 radical (unpaired) electrons. The summed E-state index contributed by atoms with van der Waals surface area (Å²) in [7, 11) is 0. The second kappa shape index (κ2) is 6.58. The van der Waals surface area contributed by atoms with Crippen LogP contribution in [0.2, 0.25) is 0 Å². The first-order chi connectivity index (χ1) is 7.24. The Morgan fingerprint density at radius 2 is 2.53 bits per heavy atom. The fourth-order valence-electron chi connectivity index (χ4n) is 1.24. The van der Waals surface area contributed by atoms with Gasteiger partial charge in [-0.05, 0) is 26.8 Å². The van der Waals surface area contributed by atoms with Gasteiger partial charge in [-0.3, -0.25) is 0 Å². The summed E-state index contributed by atoms with van der Waals surface area (Å²) in [5.41, 5.74) is 1.13. The minimum atomic E-state index is 0.318. The quantitative estimate of drug-likeness (QED) is 0.573. The zero-order valence-corrected chi connectivity index (χ0v) is 10.1. The summed E-state index contributed by atoms with van der Waals surface area (Å²) in [5, 5.41) is 6.62. The van der Waals surface area contributed by atoms with Crippen molar-refractivity contribution >= 4 is 11.3 Å². The Balaban J connectivity index is 2.18. The Bertz CT molecular complexity index is 299. The highest BCUT2D eigenvalue weighted by Gasteiger charge is 2.07. The third-order valence-corrected chi connectivity index (χ3v) is 2.88. The summed E-state index contributed by atoms with van der Waals surface area (Å²) in [4.78, 5) is 4.43. The molecule has 1 aromatic heterocycles. The van der Waals surface area contributed by atoms with Crippen molar-refractivity contribution in [3.8, 4) is 0 Å². The van der Waals surface area contributed by atoms with Crippen molar-refractivity contribution < 1.29 is 4.74 Å². The van der Waals surface area contributed by atoms with Crippen LogP contribution >= 0.6 is 11.3 Å². The average molecular weight is 226 g/mol. The molecule has 4 heteroatoms. The molecule has 1 heterocycles. The molecule has 3 nitrogen and oxygen atoms in total. The van der Waals surface area contributed by atoms with Crippen LogP contribution in [0.1, 0.15) is 30.1 Å². The monoisotopic (exact) mass is 226 g/mol. The van der Waals surface area contributed by atoms with Crippen LogP contribution in [0.5, 0.6) is 0 Å². The van der Waals surface area contributed by atoms with Crippen molar-refractivity contribution in [2.45, 2.75) is 26.3 Å². The number of aryl methyl sites for hydroxylation is 1. The first-order valence-corrected chi connectivity index (χ1v) is 6.00. The molecule has 1 N–H and O–H groups in total. The van der Waals surface area contributed by atoms with Gasteiger partial charge in [0.2, 0.25) is 0 Å². The van der Waals surface area contributed by atoms with Gasteiger partial charge < -0.3 is 10.1 Å². The molecule has 0 fully saturated rings. The van der Waals surface area contributed by atoms with Gasteiger partial charge in [0.1, 0.15) is 0 Å². The second-order valence-electron chi connectivity index (χ2n) is 3.36. The average Bonchev–Trinajstić information content (AvgIpc) is 2.64. The zero-order valence-electron chi connectivity index (χ0n) is 9.32. The van der Waals surface area contributed by atoms with E-state index in [1.807, 2.05) is 6.92 Å². The predicted molar refractivity (Wildman–Crippen MR) is 64.0 cm³/mol. The number of thiazole rings is 1. The summed E-state index contributed by atoms with van der Waals surface area (Å²) in [6.45, 7) is 9.30. The van der Waals surface area contributed by atoms with Crippen molar-refractivity contribution in [2.24, 2.45) is 0 Å². The summed E-state index contributed by atoms with van der Waals surface area (Å²) in [5.74, 6) is 0. The van der Waals surface area contributed by atoms with Crippen molar-refractivity contribution in [1.82, 2.24) is 10.3 Å². The van der Waals surface area contributed by atoms with Gasteiger partial charge in [0.05, 0.1) is 23.6 Å². The topological polar surface area (TPSA) is 34.1 Å². The molecule has 84 valence electrons. The highest BCUT2D eigenvalue weighted by atomic mass is 32.1. The van der Waals surface area contributed by atoms with Crippen LogP contribution in [0.3, 0.4) is 0 Å². The fourth-order valence-corrected chi connectivity index (χ4v) is 1.95. The number of aromatic nitrogens is 1. The molecule has 0 aliphatic carbocycles. The lowest BCUT2D eigenvalue weighted by molar-refractivity contribution is 0.243. The van der Waals surface area contributed by atoms with Gasteiger partial charge in [-0.2, -0.15) is 0 Å². The van der Waals surface area contributed by atoms with Crippen LogP contribution in [0, 0.1) is 6.92 Å². The molecule has 0 aromatic carbocycles. The van der Waals surface area contributed by atoms with Crippen LogP contribution in [-0.2, 0) is 4.74 Å². The first kappa shape index (κ1) is 12.2. The largest absolute Gasteiger partial charge is 0.502 e. The summed E-state index contributed by atoms with van der Waals surface area (Å²) >= 11 is 1.69. The Morgan fingerprint density at radius 3 is 3.13 bits per heavy atom. The van der Waals surface area contributed by atoms with Gasteiger partial charge in [-0.15, -0.1) is 11.3 Å². The lowest BCUT2D eigenvalue weighted by atomic mass is 10.2. The number of ether oxygens (including phenoxy) is 1. The van der Waals surface area contributed by atoms with Crippen LogP contribution in [0.15, 0.2) is 18.2 Å². The highest BCUT2D eigenvalue weighted by Crippen LogP contribution is 2.15. The third-order valence-electron chi connectivity index (χ3n) is 2.09. The molecule has 15 heavy (non-hydrogen) atoms. The number of hydrogen-bond donors (Lipinski definition) is 1. The maximum Gasteiger partial charge on any atom is 0.0898 e. The third kappa shape index (κ3) is 4.44. The van der Waals surface area contributed by atoms with Gasteiger partial charge in [-0.1, -0.05) is 6.58 Å². The number of nitrogens with one attached hydrogen (secondary N) is 1. The number of rotatable bonds is 7. The van der Waals surface area contributed by atoms with E-state index in [1.54, 1.807) is 11.3 Å². The zero-order chi connectivity index (χ0) is 11.1. The minimum absolute atomic E-state index is 0.318. The number of hydrogen-bond acceptors (Lipinski definition) is 4. The van der Waals surface area contributed by atoms with E-state index in [0.717, 1.165) is 30.3 Å². The van der Waals surface area contributed by atoms with Crippen LogP contribution < -0.4 is 5.32 Å². The molecule has 0 saturated carbocycles. The molecular formula is C11H18N2OS. The number of nitrogens with zero attached hydrogens (tertiary/aromatic N) is 1. The lowest BCUT2D eigenvalue weighted by Crippen LogP contribution is -2.21. The standard InChI is InChI=1S/C11H18N2OS/c1-4-14-7-5-6-12-9(2)11-8-15-10(3)13-11/h4,8-9,12H,1,5-7H2,2-3H3. The Kier molecular flexibility index (Phi) is 5.36. The molecule has 1 atom stereocenters. The summed E-state index contributed by atoms with van der Waals surface area (Å²) < 4.78 is 5.04. The first-order valence-electron chi connectivity index (χ1n) is 5.12. The van der Waals surface area contributed by atoms with Crippen molar-refractivity contribution in [1.29, 1.82) is 0 Å². The SMILES string of the molecule is C=COCCCNC(C)c1csc(C)n1. The highest BCUT2D eigenvalue weighted by molar-refractivity contribution is 7.09. The van der Waals surface area contributed by atoms with Crippen molar-refractivity contribution in [3.63, 3.8) is 0 Å². The molecule has 0 spiro atoms. The van der Waals surface area contributed by atoms with Gasteiger partial charge in [-0.25, -0.2) is 4.98 Å². The maximum absolute atomic E-state index is 5.04. The molecular weight excluding hydrogens is 208 g/mol. The van der Waals surface area contributed by atoms with E-state index < -0.39 is 0 Å².